The Morgan fingerprint density at radius 1 is 1.33 bits per heavy atom. The molecule has 0 bridgehead atoms. The van der Waals surface area contributed by atoms with Gasteiger partial charge >= 0.3 is 6.09 Å². The van der Waals surface area contributed by atoms with Crippen LogP contribution in [0.3, 0.4) is 0 Å². The zero-order valence-corrected chi connectivity index (χ0v) is 16.1. The second kappa shape index (κ2) is 6.70. The Morgan fingerprint density at radius 2 is 2.15 bits per heavy atom. The van der Waals surface area contributed by atoms with Crippen molar-refractivity contribution in [3.8, 4) is 0 Å². The first-order chi connectivity index (χ1) is 12.9. The summed E-state index contributed by atoms with van der Waals surface area (Å²) in [6.45, 7) is 0. The first kappa shape index (κ1) is 17.5. The molecule has 2 amide bonds. The van der Waals surface area contributed by atoms with Gasteiger partial charge in [0.05, 0.1) is 17.1 Å². The fraction of sp³-hybridized carbons (Fsp3) is 0.211. The van der Waals surface area contributed by atoms with E-state index >= 15 is 0 Å². The highest BCUT2D eigenvalue weighted by molar-refractivity contribution is 9.10. The van der Waals surface area contributed by atoms with Gasteiger partial charge in [-0.1, -0.05) is 28.1 Å². The summed E-state index contributed by atoms with van der Waals surface area (Å²) >= 11 is 3.46. The molecular formula is C19H17BrN4O3. The minimum absolute atomic E-state index is 0.0693. The standard InChI is InChI=1S/C19H17BrN4O3/c1-23(19(26)27)18-21-14-6-5-11(9-15(14)22-18)16-7-8-17(25)24(16)13-4-2-3-12(20)10-13/h2-6,9-10,16H,7-8H2,1H3,(H,21,22)(H,26,27). The number of anilines is 2. The van der Waals surface area contributed by atoms with E-state index in [1.807, 2.05) is 47.4 Å². The summed E-state index contributed by atoms with van der Waals surface area (Å²) in [7, 11) is 1.44. The fourth-order valence-electron chi connectivity index (χ4n) is 3.42. The van der Waals surface area contributed by atoms with Crippen LogP contribution in [0.2, 0.25) is 0 Å². The summed E-state index contributed by atoms with van der Waals surface area (Å²) in [5.74, 6) is 0.357. The molecule has 0 saturated carbocycles. The molecule has 2 aromatic carbocycles. The number of rotatable bonds is 3. The number of imidazole rings is 1. The van der Waals surface area contributed by atoms with Crippen molar-refractivity contribution >= 4 is 50.6 Å². The number of benzene rings is 2. The predicted molar refractivity (Wildman–Crippen MR) is 106 cm³/mol. The third kappa shape index (κ3) is 3.16. The molecular weight excluding hydrogens is 412 g/mol. The number of amides is 2. The number of carbonyl (C=O) groups is 2. The largest absolute Gasteiger partial charge is 0.465 e. The number of hydrogen-bond donors (Lipinski definition) is 2. The van der Waals surface area contributed by atoms with Crippen molar-refractivity contribution < 1.29 is 14.7 Å². The van der Waals surface area contributed by atoms with E-state index in [1.165, 1.54) is 7.05 Å². The minimum Gasteiger partial charge on any atom is -0.465 e. The Hall–Kier alpha value is -2.87. The maximum atomic E-state index is 12.5. The predicted octanol–water partition coefficient (Wildman–Crippen LogP) is 4.31. The first-order valence-corrected chi connectivity index (χ1v) is 9.27. The maximum Gasteiger partial charge on any atom is 0.413 e. The number of H-pyrrole nitrogens is 1. The van der Waals surface area contributed by atoms with Crippen molar-refractivity contribution in [1.29, 1.82) is 0 Å². The topological polar surface area (TPSA) is 89.5 Å². The fourth-order valence-corrected chi connectivity index (χ4v) is 3.81. The number of aromatic nitrogens is 2. The van der Waals surface area contributed by atoms with E-state index in [-0.39, 0.29) is 17.9 Å². The molecule has 27 heavy (non-hydrogen) atoms. The van der Waals surface area contributed by atoms with Crippen LogP contribution >= 0.6 is 15.9 Å². The zero-order chi connectivity index (χ0) is 19.1. The summed E-state index contributed by atoms with van der Waals surface area (Å²) in [5, 5.41) is 9.12. The van der Waals surface area contributed by atoms with E-state index in [0.29, 0.717) is 11.9 Å². The molecule has 1 atom stereocenters. The third-order valence-corrected chi connectivity index (χ3v) is 5.27. The lowest BCUT2D eigenvalue weighted by molar-refractivity contribution is -0.117. The Bertz CT molecular complexity index is 1050. The lowest BCUT2D eigenvalue weighted by atomic mass is 10.0. The highest BCUT2D eigenvalue weighted by Gasteiger charge is 2.33. The molecule has 7 nitrogen and oxygen atoms in total. The first-order valence-electron chi connectivity index (χ1n) is 8.48. The number of nitrogens with zero attached hydrogens (tertiary/aromatic N) is 3. The van der Waals surface area contributed by atoms with Crippen molar-refractivity contribution in [3.05, 3.63) is 52.5 Å². The van der Waals surface area contributed by atoms with Crippen LogP contribution in [0.25, 0.3) is 11.0 Å². The highest BCUT2D eigenvalue weighted by atomic mass is 79.9. The lowest BCUT2D eigenvalue weighted by Crippen LogP contribution is -2.27. The smallest absolute Gasteiger partial charge is 0.413 e. The number of halogens is 1. The Kier molecular flexibility index (Phi) is 4.35. The van der Waals surface area contributed by atoms with Gasteiger partial charge in [-0.2, -0.15) is 0 Å². The second-order valence-electron chi connectivity index (χ2n) is 6.48. The van der Waals surface area contributed by atoms with E-state index in [2.05, 4.69) is 25.9 Å². The Morgan fingerprint density at radius 3 is 2.89 bits per heavy atom. The molecule has 0 spiro atoms. The van der Waals surface area contributed by atoms with Crippen molar-refractivity contribution in [2.24, 2.45) is 0 Å². The van der Waals surface area contributed by atoms with Gasteiger partial charge in [-0.05, 0) is 42.3 Å². The van der Waals surface area contributed by atoms with Crippen LogP contribution in [0.15, 0.2) is 46.9 Å². The normalized spacial score (nSPS) is 16.9. The van der Waals surface area contributed by atoms with Crippen LogP contribution in [-0.2, 0) is 4.79 Å². The number of fused-ring (bicyclic) bond motifs is 1. The van der Waals surface area contributed by atoms with Gasteiger partial charge in [0.2, 0.25) is 11.9 Å². The third-order valence-electron chi connectivity index (χ3n) is 4.78. The molecule has 1 aliphatic heterocycles. The molecule has 1 aliphatic rings. The van der Waals surface area contributed by atoms with Gasteiger partial charge in [-0.15, -0.1) is 0 Å². The number of carbonyl (C=O) groups excluding carboxylic acids is 1. The molecule has 2 N–H and O–H groups in total. The molecule has 138 valence electrons. The van der Waals surface area contributed by atoms with E-state index in [4.69, 9.17) is 5.11 Å². The molecule has 8 heteroatoms. The molecule has 4 rings (SSSR count). The van der Waals surface area contributed by atoms with Gasteiger partial charge in [0, 0.05) is 23.6 Å². The van der Waals surface area contributed by atoms with Crippen LogP contribution in [0, 0.1) is 0 Å². The average Bonchev–Trinajstić information content (AvgIpc) is 3.23. The van der Waals surface area contributed by atoms with Crippen molar-refractivity contribution in [2.75, 3.05) is 16.8 Å². The van der Waals surface area contributed by atoms with Crippen LogP contribution in [0.5, 0.6) is 0 Å². The molecule has 0 aliphatic carbocycles. The van der Waals surface area contributed by atoms with Crippen LogP contribution in [-0.4, -0.2) is 34.1 Å². The van der Waals surface area contributed by atoms with E-state index in [0.717, 1.165) is 32.6 Å². The van der Waals surface area contributed by atoms with Gasteiger partial charge in [0.15, 0.2) is 0 Å². The van der Waals surface area contributed by atoms with Gasteiger partial charge in [0.1, 0.15) is 0 Å². The van der Waals surface area contributed by atoms with E-state index in [9.17, 15) is 9.59 Å². The summed E-state index contributed by atoms with van der Waals surface area (Å²) in [4.78, 5) is 33.9. The molecule has 2 heterocycles. The van der Waals surface area contributed by atoms with Gasteiger partial charge < -0.3 is 15.0 Å². The molecule has 0 radical (unpaired) electrons. The summed E-state index contributed by atoms with van der Waals surface area (Å²) in [5.41, 5.74) is 3.26. The summed E-state index contributed by atoms with van der Waals surface area (Å²) < 4.78 is 0.920. The van der Waals surface area contributed by atoms with Crippen LogP contribution in [0.1, 0.15) is 24.4 Å². The van der Waals surface area contributed by atoms with Crippen molar-refractivity contribution in [3.63, 3.8) is 0 Å². The summed E-state index contributed by atoms with van der Waals surface area (Å²) in [6.07, 6.45) is 0.134. The van der Waals surface area contributed by atoms with Crippen molar-refractivity contribution in [2.45, 2.75) is 18.9 Å². The van der Waals surface area contributed by atoms with Gasteiger partial charge in [-0.3, -0.25) is 9.69 Å². The maximum absolute atomic E-state index is 12.5. The van der Waals surface area contributed by atoms with Crippen LogP contribution < -0.4 is 9.80 Å². The number of hydrogen-bond acceptors (Lipinski definition) is 3. The molecule has 3 aromatic rings. The monoisotopic (exact) mass is 428 g/mol. The lowest BCUT2D eigenvalue weighted by Gasteiger charge is -2.25. The van der Waals surface area contributed by atoms with Crippen molar-refractivity contribution in [1.82, 2.24) is 9.97 Å². The Labute approximate surface area is 163 Å². The SMILES string of the molecule is CN(C(=O)O)c1nc2ccc(C3CCC(=O)N3c3cccc(Br)c3)cc2[nH]1. The van der Waals surface area contributed by atoms with Gasteiger partial charge in [0.25, 0.3) is 0 Å². The molecule has 1 saturated heterocycles. The van der Waals surface area contributed by atoms with E-state index in [1.54, 1.807) is 0 Å². The number of carboxylic acid groups (broad SMARTS) is 1. The van der Waals surface area contributed by atoms with Gasteiger partial charge in [-0.25, -0.2) is 9.78 Å². The zero-order valence-electron chi connectivity index (χ0n) is 14.5. The van der Waals surface area contributed by atoms with Crippen LogP contribution in [0.4, 0.5) is 16.4 Å². The molecule has 1 unspecified atom stereocenters. The van der Waals surface area contributed by atoms with E-state index < -0.39 is 6.09 Å². The minimum atomic E-state index is -1.09. The highest BCUT2D eigenvalue weighted by Crippen LogP contribution is 2.38. The quantitative estimate of drug-likeness (QED) is 0.650. The average molecular weight is 429 g/mol. The number of nitrogens with one attached hydrogen (secondary N) is 1. The molecule has 1 fully saturated rings. The summed E-state index contributed by atoms with van der Waals surface area (Å²) in [6, 6.07) is 13.4. The Balaban J connectivity index is 1.72. The number of aromatic amines is 1. The molecule has 1 aromatic heterocycles. The second-order valence-corrected chi connectivity index (χ2v) is 7.39.